The van der Waals surface area contributed by atoms with Crippen molar-refractivity contribution in [1.82, 2.24) is 9.80 Å². The lowest BCUT2D eigenvalue weighted by Gasteiger charge is -2.33. The summed E-state index contributed by atoms with van der Waals surface area (Å²) < 4.78 is 0. The molecule has 1 aromatic rings. The van der Waals surface area contributed by atoms with Gasteiger partial charge in [0.2, 0.25) is 0 Å². The molecule has 4 heteroatoms. The number of carbonyl (C=O) groups excluding carboxylic acids is 1. The van der Waals surface area contributed by atoms with Crippen LogP contribution >= 0.6 is 0 Å². The summed E-state index contributed by atoms with van der Waals surface area (Å²) in [5.41, 5.74) is 4.77. The van der Waals surface area contributed by atoms with Crippen molar-refractivity contribution in [2.75, 3.05) is 13.6 Å². The molecule has 0 aromatic heterocycles. The second kappa shape index (κ2) is 7.03. The summed E-state index contributed by atoms with van der Waals surface area (Å²) in [4.78, 5) is 21.9. The van der Waals surface area contributed by atoms with E-state index < -0.39 is 0 Å². The number of rotatable bonds is 3. The third-order valence-electron chi connectivity index (χ3n) is 5.41. The largest absolute Gasteiger partial charge is 0.333 e. The number of amides is 1. The van der Waals surface area contributed by atoms with Crippen LogP contribution in [0.4, 0.5) is 0 Å². The van der Waals surface area contributed by atoms with Crippen LogP contribution in [0.25, 0.3) is 5.70 Å². The van der Waals surface area contributed by atoms with Crippen LogP contribution in [0.3, 0.4) is 0 Å². The highest BCUT2D eigenvalue weighted by atomic mass is 16.2. The van der Waals surface area contributed by atoms with Gasteiger partial charge in [-0.1, -0.05) is 43.0 Å². The molecule has 138 valence electrons. The highest BCUT2D eigenvalue weighted by Crippen LogP contribution is 2.40. The Morgan fingerprint density at radius 2 is 2.07 bits per heavy atom. The second-order valence-corrected chi connectivity index (χ2v) is 7.26. The molecule has 0 saturated heterocycles. The van der Waals surface area contributed by atoms with Crippen molar-refractivity contribution < 1.29 is 4.79 Å². The maximum Gasteiger partial charge on any atom is 0.277 e. The summed E-state index contributed by atoms with van der Waals surface area (Å²) in [5, 5.41) is 0. The molecule has 1 aromatic carbocycles. The Bertz CT molecular complexity index is 915. The maximum absolute atomic E-state index is 13.3. The summed E-state index contributed by atoms with van der Waals surface area (Å²) in [6.07, 6.45) is 11.1. The molecule has 0 unspecified atom stereocenters. The van der Waals surface area contributed by atoms with Gasteiger partial charge < -0.3 is 9.80 Å². The van der Waals surface area contributed by atoms with Crippen LogP contribution in [0, 0.1) is 5.92 Å². The monoisotopic (exact) mass is 359 g/mol. The molecule has 1 amide bonds. The van der Waals surface area contributed by atoms with E-state index in [0.29, 0.717) is 18.2 Å². The van der Waals surface area contributed by atoms with Gasteiger partial charge >= 0.3 is 0 Å². The fourth-order valence-electron chi connectivity index (χ4n) is 3.71. The predicted molar refractivity (Wildman–Crippen MR) is 110 cm³/mol. The van der Waals surface area contributed by atoms with E-state index in [1.807, 2.05) is 56.5 Å². The molecule has 3 aliphatic rings. The molecule has 0 N–H and O–H groups in total. The Kier molecular flexibility index (Phi) is 4.56. The lowest BCUT2D eigenvalue weighted by molar-refractivity contribution is -0.121. The Labute approximate surface area is 160 Å². The van der Waals surface area contributed by atoms with E-state index in [0.717, 1.165) is 23.5 Å². The van der Waals surface area contributed by atoms with Gasteiger partial charge in [0.05, 0.1) is 0 Å². The van der Waals surface area contributed by atoms with Crippen molar-refractivity contribution in [1.29, 1.82) is 0 Å². The minimum Gasteiger partial charge on any atom is -0.333 e. The normalized spacial score (nSPS) is 21.4. The topological polar surface area (TPSA) is 35.9 Å². The van der Waals surface area contributed by atoms with Gasteiger partial charge in [-0.2, -0.15) is 0 Å². The number of nitrogens with zero attached hydrogens (tertiary/aromatic N) is 3. The smallest absolute Gasteiger partial charge is 0.277 e. The van der Waals surface area contributed by atoms with Crippen molar-refractivity contribution in [3.63, 3.8) is 0 Å². The zero-order valence-electron chi connectivity index (χ0n) is 16.0. The van der Waals surface area contributed by atoms with Gasteiger partial charge in [-0.25, -0.2) is 4.99 Å². The molecular weight excluding hydrogens is 334 g/mol. The van der Waals surface area contributed by atoms with Crippen molar-refractivity contribution in [2.45, 2.75) is 26.2 Å². The van der Waals surface area contributed by atoms with Gasteiger partial charge in [0.1, 0.15) is 11.5 Å². The van der Waals surface area contributed by atoms with Crippen LogP contribution < -0.4 is 0 Å². The van der Waals surface area contributed by atoms with Crippen LogP contribution in [0.5, 0.6) is 0 Å². The average molecular weight is 359 g/mol. The number of aliphatic imine (C=N–C) groups is 1. The molecule has 0 radical (unpaired) electrons. The predicted octanol–water partition coefficient (Wildman–Crippen LogP) is 4.14. The van der Waals surface area contributed by atoms with Crippen LogP contribution in [-0.4, -0.2) is 35.0 Å². The summed E-state index contributed by atoms with van der Waals surface area (Å²) in [6.45, 7) is 6.81. The van der Waals surface area contributed by atoms with Gasteiger partial charge in [0.15, 0.2) is 0 Å². The van der Waals surface area contributed by atoms with Crippen molar-refractivity contribution >= 4 is 17.3 Å². The Morgan fingerprint density at radius 3 is 2.81 bits per heavy atom. The van der Waals surface area contributed by atoms with Gasteiger partial charge in [-0.05, 0) is 49.8 Å². The van der Waals surface area contributed by atoms with Gasteiger partial charge in [-0.15, -0.1) is 0 Å². The lowest BCUT2D eigenvalue weighted by atomic mass is 9.96. The Balaban J connectivity index is 1.67. The molecule has 2 aliphatic heterocycles. The minimum absolute atomic E-state index is 0.0628. The lowest BCUT2D eigenvalue weighted by Crippen LogP contribution is -2.40. The van der Waals surface area contributed by atoms with E-state index in [1.54, 1.807) is 4.90 Å². The molecule has 0 atom stereocenters. The molecule has 1 fully saturated rings. The number of carbonyl (C=O) groups is 1. The minimum atomic E-state index is -0.0628. The molecular formula is C23H25N3O. The number of hydrogen-bond acceptors (Lipinski definition) is 3. The highest BCUT2D eigenvalue weighted by molar-refractivity contribution is 6.44. The van der Waals surface area contributed by atoms with E-state index in [-0.39, 0.29) is 5.91 Å². The molecule has 0 spiro atoms. The fraction of sp³-hybridized carbons (Fsp3) is 0.304. The number of benzene rings is 1. The van der Waals surface area contributed by atoms with E-state index in [4.69, 9.17) is 0 Å². The van der Waals surface area contributed by atoms with E-state index in [2.05, 4.69) is 22.5 Å². The average Bonchev–Trinajstić information content (AvgIpc) is 3.52. The maximum atomic E-state index is 13.3. The van der Waals surface area contributed by atoms with Crippen LogP contribution in [0.15, 0.2) is 71.7 Å². The summed E-state index contributed by atoms with van der Waals surface area (Å²) in [6, 6.07) is 8.18. The van der Waals surface area contributed by atoms with Crippen molar-refractivity contribution in [3.05, 3.63) is 77.8 Å². The molecule has 0 bridgehead atoms. The fourth-order valence-corrected chi connectivity index (χ4v) is 3.71. The molecule has 2 heterocycles. The molecule has 1 aliphatic carbocycles. The summed E-state index contributed by atoms with van der Waals surface area (Å²) in [5.74, 6) is 1.28. The molecule has 27 heavy (non-hydrogen) atoms. The van der Waals surface area contributed by atoms with E-state index >= 15 is 0 Å². The van der Waals surface area contributed by atoms with E-state index in [1.165, 1.54) is 24.1 Å². The first-order valence-corrected chi connectivity index (χ1v) is 9.56. The first-order chi connectivity index (χ1) is 13.1. The Morgan fingerprint density at radius 1 is 1.30 bits per heavy atom. The third-order valence-corrected chi connectivity index (χ3v) is 5.41. The zero-order valence-corrected chi connectivity index (χ0v) is 16.0. The molecule has 4 rings (SSSR count). The molecule has 4 nitrogen and oxygen atoms in total. The molecule has 1 saturated carbocycles. The van der Waals surface area contributed by atoms with Gasteiger partial charge in [0, 0.05) is 30.5 Å². The van der Waals surface area contributed by atoms with Gasteiger partial charge in [0.25, 0.3) is 5.91 Å². The SMILES string of the molecule is C=C1c2ccccc2CCN1C(=O)C1=N/C(=C/C=C\C)N(C)C(C2CC2)=C1. The van der Waals surface area contributed by atoms with Crippen molar-refractivity contribution in [2.24, 2.45) is 10.9 Å². The van der Waals surface area contributed by atoms with Gasteiger partial charge in [-0.3, -0.25) is 4.79 Å². The number of allylic oxidation sites excluding steroid dienone is 4. The number of fused-ring (bicyclic) bond motifs is 1. The summed E-state index contributed by atoms with van der Waals surface area (Å²) >= 11 is 0. The first kappa shape index (κ1) is 17.5. The second-order valence-electron chi connectivity index (χ2n) is 7.26. The van der Waals surface area contributed by atoms with E-state index in [9.17, 15) is 4.79 Å². The quantitative estimate of drug-likeness (QED) is 0.813. The highest BCUT2D eigenvalue weighted by Gasteiger charge is 2.34. The summed E-state index contributed by atoms with van der Waals surface area (Å²) in [7, 11) is 2.03. The number of hydrogen-bond donors (Lipinski definition) is 0. The van der Waals surface area contributed by atoms with Crippen molar-refractivity contribution in [3.8, 4) is 0 Å². The Hall–Kier alpha value is -2.88. The van der Waals surface area contributed by atoms with Crippen LogP contribution in [0.2, 0.25) is 0 Å². The third kappa shape index (κ3) is 3.27. The first-order valence-electron chi connectivity index (χ1n) is 9.56. The zero-order chi connectivity index (χ0) is 19.0. The standard InChI is InChI=1S/C23H25N3O/c1-4-5-10-22-24-20(15-21(25(22)3)18-11-12-18)23(27)26-14-13-17-8-6-7-9-19(17)16(26)2/h4-10,15,18H,2,11-14H2,1,3H3/b5-4-,22-10-. The van der Waals surface area contributed by atoms with Crippen LogP contribution in [-0.2, 0) is 11.2 Å². The van der Waals surface area contributed by atoms with Crippen LogP contribution in [0.1, 0.15) is 30.9 Å².